The summed E-state index contributed by atoms with van der Waals surface area (Å²) in [5.74, 6) is 1.68. The normalized spacial score (nSPS) is 35.1. The molecule has 1 fully saturated rings. The van der Waals surface area contributed by atoms with Gasteiger partial charge in [0.15, 0.2) is 0 Å². The molecule has 0 amide bonds. The molecule has 2 aliphatic carbocycles. The number of allylic oxidation sites excluding steroid dienone is 3. The predicted octanol–water partition coefficient (Wildman–Crippen LogP) is 3.31. The fourth-order valence-electron chi connectivity index (χ4n) is 2.87. The Morgan fingerprint density at radius 3 is 2.64 bits per heavy atom. The molecule has 60 valence electrons. The molecule has 0 spiro atoms. The van der Waals surface area contributed by atoms with Gasteiger partial charge in [0.1, 0.15) is 0 Å². The summed E-state index contributed by atoms with van der Waals surface area (Å²) in [6.07, 6.45) is 4.17. The Hall–Kier alpha value is -0.520. The topological polar surface area (TPSA) is 0 Å². The third-order valence-electron chi connectivity index (χ3n) is 3.35. The highest BCUT2D eigenvalue weighted by Gasteiger charge is 2.36. The molecule has 0 nitrogen and oxygen atoms in total. The minimum absolute atomic E-state index is 0.749. The van der Waals surface area contributed by atoms with E-state index in [4.69, 9.17) is 0 Å². The van der Waals surface area contributed by atoms with E-state index in [2.05, 4.69) is 20.4 Å². The van der Waals surface area contributed by atoms with Crippen LogP contribution in [-0.4, -0.2) is 0 Å². The van der Waals surface area contributed by atoms with Crippen LogP contribution < -0.4 is 0 Å². The van der Waals surface area contributed by atoms with Crippen LogP contribution in [0, 0.1) is 11.8 Å². The molecular formula is C11H16. The van der Waals surface area contributed by atoms with Gasteiger partial charge in [-0.25, -0.2) is 0 Å². The summed E-state index contributed by atoms with van der Waals surface area (Å²) < 4.78 is 0. The highest BCUT2D eigenvalue weighted by atomic mass is 14.4. The summed E-state index contributed by atoms with van der Waals surface area (Å²) in [6.45, 7) is 8.55. The fraction of sp³-hybridized carbons (Fsp3) is 0.636. The van der Waals surface area contributed by atoms with E-state index in [0.29, 0.717) is 0 Å². The Morgan fingerprint density at radius 1 is 1.55 bits per heavy atom. The Labute approximate surface area is 69.0 Å². The molecule has 1 unspecified atom stereocenters. The lowest BCUT2D eigenvalue weighted by Gasteiger charge is -2.22. The van der Waals surface area contributed by atoms with Crippen LogP contribution in [0.3, 0.4) is 0 Å². The Balaban J connectivity index is 2.33. The molecule has 0 radical (unpaired) electrons. The highest BCUT2D eigenvalue weighted by molar-refractivity contribution is 5.33. The van der Waals surface area contributed by atoms with Crippen molar-refractivity contribution in [2.75, 3.05) is 0 Å². The lowest BCUT2D eigenvalue weighted by atomic mass is 9.83. The summed E-state index contributed by atoms with van der Waals surface area (Å²) in [6, 6.07) is 0. The third kappa shape index (κ3) is 0.885. The zero-order chi connectivity index (χ0) is 8.01. The summed E-state index contributed by atoms with van der Waals surface area (Å²) in [5, 5.41) is 0. The molecule has 1 saturated carbocycles. The first-order valence-corrected chi connectivity index (χ1v) is 4.54. The van der Waals surface area contributed by atoms with Crippen molar-refractivity contribution in [2.45, 2.75) is 33.1 Å². The van der Waals surface area contributed by atoms with Crippen molar-refractivity contribution in [1.82, 2.24) is 0 Å². The number of hydrogen-bond acceptors (Lipinski definition) is 0. The molecule has 0 N–H and O–H groups in total. The van der Waals surface area contributed by atoms with Crippen molar-refractivity contribution in [3.63, 3.8) is 0 Å². The number of fused-ring (bicyclic) bond motifs is 2. The molecule has 11 heavy (non-hydrogen) atoms. The second kappa shape index (κ2) is 2.23. The van der Waals surface area contributed by atoms with Gasteiger partial charge in [-0.3, -0.25) is 0 Å². The van der Waals surface area contributed by atoms with Gasteiger partial charge < -0.3 is 0 Å². The lowest BCUT2D eigenvalue weighted by Crippen LogP contribution is -2.11. The van der Waals surface area contributed by atoms with Crippen LogP contribution in [0.2, 0.25) is 0 Å². The second-order valence-corrected chi connectivity index (χ2v) is 4.11. The zero-order valence-electron chi connectivity index (χ0n) is 7.48. The molecule has 0 aliphatic heterocycles. The molecule has 0 aromatic heterocycles. The van der Waals surface area contributed by atoms with Crippen molar-refractivity contribution in [2.24, 2.45) is 11.8 Å². The summed E-state index contributed by atoms with van der Waals surface area (Å²) in [7, 11) is 0. The largest absolute Gasteiger partial charge is 0.0995 e. The van der Waals surface area contributed by atoms with E-state index in [1.54, 1.807) is 11.1 Å². The minimum atomic E-state index is 0.749. The van der Waals surface area contributed by atoms with Crippen LogP contribution in [0.15, 0.2) is 23.3 Å². The van der Waals surface area contributed by atoms with Crippen LogP contribution in [-0.2, 0) is 0 Å². The standard InChI is InChI=1S/C11H16/c1-7(2)11-8(3)9-4-5-10(11)6-9/h10-11H,1,4-6H2,2-3H3/t10?,11-/m0/s1. The number of hydrogen-bond donors (Lipinski definition) is 0. The van der Waals surface area contributed by atoms with Crippen molar-refractivity contribution in [1.29, 1.82) is 0 Å². The lowest BCUT2D eigenvalue weighted by molar-refractivity contribution is 0.454. The number of rotatable bonds is 1. The van der Waals surface area contributed by atoms with Crippen LogP contribution >= 0.6 is 0 Å². The van der Waals surface area contributed by atoms with E-state index in [1.165, 1.54) is 24.8 Å². The maximum Gasteiger partial charge on any atom is 0.00328 e. The summed E-state index contributed by atoms with van der Waals surface area (Å²) in [5.41, 5.74) is 4.76. The molecule has 0 heterocycles. The molecule has 2 bridgehead atoms. The molecule has 2 aliphatic rings. The van der Waals surface area contributed by atoms with Gasteiger partial charge in [0.25, 0.3) is 0 Å². The SMILES string of the molecule is C=C(C)[C@H]1C(C)=C2CCC1C2. The van der Waals surface area contributed by atoms with Gasteiger partial charge in [-0.2, -0.15) is 0 Å². The molecule has 0 aromatic carbocycles. The third-order valence-corrected chi connectivity index (χ3v) is 3.35. The first kappa shape index (κ1) is 7.15. The Bertz CT molecular complexity index is 232. The van der Waals surface area contributed by atoms with Gasteiger partial charge in [0.2, 0.25) is 0 Å². The zero-order valence-corrected chi connectivity index (χ0v) is 7.48. The van der Waals surface area contributed by atoms with Crippen molar-refractivity contribution in [3.05, 3.63) is 23.3 Å². The monoisotopic (exact) mass is 148 g/mol. The fourth-order valence-corrected chi connectivity index (χ4v) is 2.87. The minimum Gasteiger partial charge on any atom is -0.0995 e. The van der Waals surface area contributed by atoms with E-state index in [-0.39, 0.29) is 0 Å². The summed E-state index contributed by atoms with van der Waals surface area (Å²) in [4.78, 5) is 0. The Morgan fingerprint density at radius 2 is 2.27 bits per heavy atom. The van der Waals surface area contributed by atoms with Gasteiger partial charge in [0, 0.05) is 5.92 Å². The molecule has 2 atom stereocenters. The van der Waals surface area contributed by atoms with Crippen LogP contribution in [0.25, 0.3) is 0 Å². The molecular weight excluding hydrogens is 132 g/mol. The molecule has 0 aromatic rings. The maximum atomic E-state index is 4.07. The van der Waals surface area contributed by atoms with Gasteiger partial charge in [0.05, 0.1) is 0 Å². The highest BCUT2D eigenvalue weighted by Crippen LogP contribution is 2.50. The quantitative estimate of drug-likeness (QED) is 0.500. The molecule has 2 rings (SSSR count). The van der Waals surface area contributed by atoms with Crippen molar-refractivity contribution in [3.8, 4) is 0 Å². The van der Waals surface area contributed by atoms with Gasteiger partial charge in [-0.05, 0) is 39.0 Å². The van der Waals surface area contributed by atoms with Crippen molar-refractivity contribution < 1.29 is 0 Å². The van der Waals surface area contributed by atoms with Crippen LogP contribution in [0.1, 0.15) is 33.1 Å². The van der Waals surface area contributed by atoms with Crippen molar-refractivity contribution >= 4 is 0 Å². The van der Waals surface area contributed by atoms with E-state index in [0.717, 1.165) is 11.8 Å². The first-order valence-electron chi connectivity index (χ1n) is 4.54. The molecule has 0 saturated heterocycles. The van der Waals surface area contributed by atoms with E-state index in [9.17, 15) is 0 Å². The van der Waals surface area contributed by atoms with E-state index >= 15 is 0 Å². The second-order valence-electron chi connectivity index (χ2n) is 4.11. The maximum absolute atomic E-state index is 4.07. The smallest absolute Gasteiger partial charge is 0.00328 e. The van der Waals surface area contributed by atoms with Crippen LogP contribution in [0.5, 0.6) is 0 Å². The van der Waals surface area contributed by atoms with Crippen LogP contribution in [0.4, 0.5) is 0 Å². The Kier molecular flexibility index (Phi) is 1.45. The first-order chi connectivity index (χ1) is 5.20. The van der Waals surface area contributed by atoms with Gasteiger partial charge in [-0.1, -0.05) is 23.3 Å². The molecule has 0 heteroatoms. The van der Waals surface area contributed by atoms with Gasteiger partial charge >= 0.3 is 0 Å². The average Bonchev–Trinajstić information content (AvgIpc) is 2.44. The van der Waals surface area contributed by atoms with E-state index < -0.39 is 0 Å². The van der Waals surface area contributed by atoms with E-state index in [1.807, 2.05) is 0 Å². The van der Waals surface area contributed by atoms with Gasteiger partial charge in [-0.15, -0.1) is 0 Å². The summed E-state index contributed by atoms with van der Waals surface area (Å²) >= 11 is 0. The predicted molar refractivity (Wildman–Crippen MR) is 48.3 cm³/mol. The average molecular weight is 148 g/mol.